The van der Waals surface area contributed by atoms with Gasteiger partial charge in [0.05, 0.1) is 5.57 Å². The third kappa shape index (κ3) is 3.84. The molecule has 122 valence electrons. The normalized spacial score (nSPS) is 17.1. The van der Waals surface area contributed by atoms with E-state index in [9.17, 15) is 10.4 Å². The van der Waals surface area contributed by atoms with Crippen molar-refractivity contribution in [2.45, 2.75) is 19.4 Å². The molecule has 2 aromatic rings. The van der Waals surface area contributed by atoms with Crippen molar-refractivity contribution in [3.05, 3.63) is 77.5 Å². The molecule has 24 heavy (non-hydrogen) atoms. The average molecular weight is 318 g/mol. The molecule has 1 heterocycles. The van der Waals surface area contributed by atoms with Gasteiger partial charge in [-0.2, -0.15) is 5.26 Å². The van der Waals surface area contributed by atoms with Crippen molar-refractivity contribution >= 4 is 5.57 Å². The van der Waals surface area contributed by atoms with Crippen LogP contribution in [0.15, 0.2) is 66.4 Å². The summed E-state index contributed by atoms with van der Waals surface area (Å²) < 4.78 is 0. The van der Waals surface area contributed by atoms with Gasteiger partial charge in [-0.15, -0.1) is 0 Å². The minimum atomic E-state index is 0.0758. The van der Waals surface area contributed by atoms with Crippen LogP contribution in [0.2, 0.25) is 0 Å². The summed E-state index contributed by atoms with van der Waals surface area (Å²) in [6.07, 6.45) is 1.77. The Morgan fingerprint density at radius 1 is 1.00 bits per heavy atom. The van der Waals surface area contributed by atoms with E-state index in [1.165, 1.54) is 5.56 Å². The lowest BCUT2D eigenvalue weighted by Gasteiger charge is -2.32. The number of nitriles is 1. The largest absolute Gasteiger partial charge is 0.511 e. The Kier molecular flexibility index (Phi) is 5.30. The zero-order valence-corrected chi connectivity index (χ0v) is 13.7. The van der Waals surface area contributed by atoms with Gasteiger partial charge in [0, 0.05) is 12.5 Å². The fourth-order valence-corrected chi connectivity index (χ4v) is 3.28. The highest BCUT2D eigenvalue weighted by molar-refractivity contribution is 5.78. The van der Waals surface area contributed by atoms with Crippen LogP contribution in [0, 0.1) is 17.2 Å². The van der Waals surface area contributed by atoms with Crippen molar-refractivity contribution in [2.75, 3.05) is 13.1 Å². The third-order valence-corrected chi connectivity index (χ3v) is 4.65. The summed E-state index contributed by atoms with van der Waals surface area (Å²) in [5, 5.41) is 20.1. The summed E-state index contributed by atoms with van der Waals surface area (Å²) in [7, 11) is 0. The van der Waals surface area contributed by atoms with E-state index < -0.39 is 0 Å². The number of nitrogens with zero attached hydrogens (tertiary/aromatic N) is 2. The zero-order chi connectivity index (χ0) is 16.8. The number of piperidine rings is 1. The van der Waals surface area contributed by atoms with Crippen molar-refractivity contribution in [1.82, 2.24) is 4.90 Å². The fourth-order valence-electron chi connectivity index (χ4n) is 3.28. The Morgan fingerprint density at radius 3 is 2.17 bits per heavy atom. The Hall–Kier alpha value is -2.57. The lowest BCUT2D eigenvalue weighted by Crippen LogP contribution is -2.34. The molecule has 1 N–H and O–H groups in total. The fraction of sp³-hybridized carbons (Fsp3) is 0.286. The molecular formula is C21H22N2O. The quantitative estimate of drug-likeness (QED) is 0.672. The standard InChI is InChI=1S/C21H22N2O/c22-15-20(18-9-5-2-6-10-18)21(24)19-11-13-23(14-12-19)16-17-7-3-1-4-8-17/h1-10,19,24H,11-14,16H2. The molecule has 0 radical (unpaired) electrons. The number of benzene rings is 2. The lowest BCUT2D eigenvalue weighted by molar-refractivity contribution is 0.167. The van der Waals surface area contributed by atoms with Crippen LogP contribution in [0.3, 0.4) is 0 Å². The number of likely N-dealkylation sites (tertiary alicyclic amines) is 1. The van der Waals surface area contributed by atoms with Crippen LogP contribution >= 0.6 is 0 Å². The molecule has 2 aromatic carbocycles. The third-order valence-electron chi connectivity index (χ3n) is 4.65. The van der Waals surface area contributed by atoms with Gasteiger partial charge >= 0.3 is 0 Å². The maximum atomic E-state index is 10.6. The van der Waals surface area contributed by atoms with Gasteiger partial charge < -0.3 is 5.11 Å². The molecule has 3 nitrogen and oxygen atoms in total. The van der Waals surface area contributed by atoms with E-state index in [-0.39, 0.29) is 11.7 Å². The molecule has 0 aliphatic carbocycles. The number of aliphatic hydroxyl groups is 1. The Morgan fingerprint density at radius 2 is 1.58 bits per heavy atom. The van der Waals surface area contributed by atoms with Gasteiger partial charge in [-0.25, -0.2) is 0 Å². The maximum Gasteiger partial charge on any atom is 0.114 e. The van der Waals surface area contributed by atoms with Crippen LogP contribution in [0.25, 0.3) is 5.57 Å². The molecule has 0 saturated carbocycles. The molecule has 1 saturated heterocycles. The number of allylic oxidation sites excluding steroid dienone is 2. The van der Waals surface area contributed by atoms with Crippen LogP contribution in [0.4, 0.5) is 0 Å². The van der Waals surface area contributed by atoms with Gasteiger partial charge in [0.1, 0.15) is 11.8 Å². The van der Waals surface area contributed by atoms with Gasteiger partial charge in [-0.3, -0.25) is 4.90 Å². The minimum absolute atomic E-state index is 0.0758. The van der Waals surface area contributed by atoms with Crippen LogP contribution in [-0.2, 0) is 6.54 Å². The summed E-state index contributed by atoms with van der Waals surface area (Å²) in [5.41, 5.74) is 2.53. The molecule has 0 amide bonds. The highest BCUT2D eigenvalue weighted by Crippen LogP contribution is 2.29. The van der Waals surface area contributed by atoms with E-state index in [4.69, 9.17) is 0 Å². The number of aliphatic hydroxyl groups excluding tert-OH is 1. The Balaban J connectivity index is 1.65. The molecular weight excluding hydrogens is 296 g/mol. The molecule has 0 spiro atoms. The molecule has 0 unspecified atom stereocenters. The number of hydrogen-bond acceptors (Lipinski definition) is 3. The summed E-state index contributed by atoms with van der Waals surface area (Å²) in [4.78, 5) is 2.41. The average Bonchev–Trinajstić information content (AvgIpc) is 2.65. The first kappa shape index (κ1) is 16.3. The predicted octanol–water partition coefficient (Wildman–Crippen LogP) is 4.39. The maximum absolute atomic E-state index is 10.6. The summed E-state index contributed by atoms with van der Waals surface area (Å²) in [6.45, 7) is 2.83. The van der Waals surface area contributed by atoms with E-state index in [0.717, 1.165) is 38.0 Å². The SMILES string of the molecule is N#CC(=C(O)C1CCN(Cc2ccccc2)CC1)c1ccccc1. The van der Waals surface area contributed by atoms with Crippen molar-refractivity contribution in [3.63, 3.8) is 0 Å². The van der Waals surface area contributed by atoms with Crippen LogP contribution in [0.1, 0.15) is 24.0 Å². The lowest BCUT2D eigenvalue weighted by atomic mass is 9.90. The van der Waals surface area contributed by atoms with Crippen LogP contribution in [0.5, 0.6) is 0 Å². The summed E-state index contributed by atoms with van der Waals surface area (Å²) >= 11 is 0. The molecule has 3 rings (SSSR count). The molecule has 3 heteroatoms. The second-order valence-corrected chi connectivity index (χ2v) is 6.27. The van der Waals surface area contributed by atoms with E-state index >= 15 is 0 Å². The zero-order valence-electron chi connectivity index (χ0n) is 13.7. The highest BCUT2D eigenvalue weighted by Gasteiger charge is 2.24. The molecule has 0 bridgehead atoms. The van der Waals surface area contributed by atoms with Gasteiger partial charge in [0.2, 0.25) is 0 Å². The van der Waals surface area contributed by atoms with E-state index in [2.05, 4.69) is 35.2 Å². The van der Waals surface area contributed by atoms with Gasteiger partial charge in [-0.05, 0) is 37.1 Å². The molecule has 0 aromatic heterocycles. The second-order valence-electron chi connectivity index (χ2n) is 6.27. The van der Waals surface area contributed by atoms with Crippen LogP contribution < -0.4 is 0 Å². The minimum Gasteiger partial charge on any atom is -0.511 e. The highest BCUT2D eigenvalue weighted by atomic mass is 16.3. The molecule has 1 fully saturated rings. The number of rotatable bonds is 4. The first-order chi connectivity index (χ1) is 11.8. The van der Waals surface area contributed by atoms with Gasteiger partial charge in [0.15, 0.2) is 0 Å². The Labute approximate surface area is 143 Å². The van der Waals surface area contributed by atoms with Crippen molar-refractivity contribution < 1.29 is 5.11 Å². The van der Waals surface area contributed by atoms with Crippen molar-refractivity contribution in [2.24, 2.45) is 5.92 Å². The van der Waals surface area contributed by atoms with E-state index in [1.54, 1.807) is 0 Å². The van der Waals surface area contributed by atoms with Crippen molar-refractivity contribution in [1.29, 1.82) is 5.26 Å². The van der Waals surface area contributed by atoms with E-state index in [0.29, 0.717) is 5.57 Å². The monoisotopic (exact) mass is 318 g/mol. The summed E-state index contributed by atoms with van der Waals surface area (Å²) in [5.74, 6) is 0.329. The molecule has 0 atom stereocenters. The summed E-state index contributed by atoms with van der Waals surface area (Å²) in [6, 6.07) is 22.1. The van der Waals surface area contributed by atoms with E-state index in [1.807, 2.05) is 36.4 Å². The molecule has 1 aliphatic rings. The first-order valence-corrected chi connectivity index (χ1v) is 8.43. The van der Waals surface area contributed by atoms with Crippen LogP contribution in [-0.4, -0.2) is 23.1 Å². The van der Waals surface area contributed by atoms with Gasteiger partial charge in [-0.1, -0.05) is 60.7 Å². The predicted molar refractivity (Wildman–Crippen MR) is 96.0 cm³/mol. The number of hydrogen-bond donors (Lipinski definition) is 1. The topological polar surface area (TPSA) is 47.3 Å². The Bertz CT molecular complexity index is 723. The smallest absolute Gasteiger partial charge is 0.114 e. The van der Waals surface area contributed by atoms with Crippen molar-refractivity contribution in [3.8, 4) is 6.07 Å². The van der Waals surface area contributed by atoms with Gasteiger partial charge in [0.25, 0.3) is 0 Å². The molecule has 1 aliphatic heterocycles. The second kappa shape index (κ2) is 7.81. The first-order valence-electron chi connectivity index (χ1n) is 8.43.